The van der Waals surface area contributed by atoms with E-state index in [0.717, 1.165) is 89.9 Å². The molecular weight excluding hydrogens is 685 g/mol. The normalized spacial score (nSPS) is 12.7. The smallest absolute Gasteiger partial charge is 0.306 e. The first kappa shape index (κ1) is 51.9. The Balaban J connectivity index is 4.46. The molecule has 0 N–H and O–H groups in total. The molecule has 0 aliphatic carbocycles. The number of carbonyl (C=O) groups excluding carboxylic acids is 3. The quantitative estimate of drug-likeness (QED) is 0.0204. The van der Waals surface area contributed by atoms with Crippen LogP contribution in [0, 0.1) is 0 Å². The lowest BCUT2D eigenvalue weighted by Crippen LogP contribution is -2.30. The second-order valence-corrected chi connectivity index (χ2v) is 14.7. The summed E-state index contributed by atoms with van der Waals surface area (Å²) in [6.07, 6.45) is 53.2. The predicted octanol–water partition coefficient (Wildman–Crippen LogP) is 14.3. The molecule has 0 aliphatic rings. The Morgan fingerprint density at radius 2 is 0.745 bits per heavy atom. The molecule has 0 amide bonds. The summed E-state index contributed by atoms with van der Waals surface area (Å²) in [6.45, 7) is 6.37. The van der Waals surface area contributed by atoms with Crippen molar-refractivity contribution in [2.24, 2.45) is 0 Å². The molecular formula is C49H82O6. The highest BCUT2D eigenvalue weighted by Crippen LogP contribution is 2.12. The molecule has 1 atom stereocenters. The number of rotatable bonds is 39. The third kappa shape index (κ3) is 41.8. The van der Waals surface area contributed by atoms with Crippen molar-refractivity contribution >= 4 is 17.9 Å². The molecule has 0 heterocycles. The average molecular weight is 767 g/mol. The van der Waals surface area contributed by atoms with Gasteiger partial charge in [-0.05, 0) is 83.5 Å². The summed E-state index contributed by atoms with van der Waals surface area (Å²) in [5, 5.41) is 0. The summed E-state index contributed by atoms with van der Waals surface area (Å²) in [5.74, 6) is -0.984. The molecule has 1 unspecified atom stereocenters. The third-order valence-electron chi connectivity index (χ3n) is 9.26. The maximum absolute atomic E-state index is 12.7. The third-order valence-corrected chi connectivity index (χ3v) is 9.26. The highest BCUT2D eigenvalue weighted by atomic mass is 16.6. The van der Waals surface area contributed by atoms with E-state index >= 15 is 0 Å². The summed E-state index contributed by atoms with van der Waals surface area (Å²) in [4.78, 5) is 37.6. The minimum Gasteiger partial charge on any atom is -0.462 e. The van der Waals surface area contributed by atoms with Crippen LogP contribution >= 0.6 is 0 Å². The van der Waals surface area contributed by atoms with Crippen molar-refractivity contribution in [3.05, 3.63) is 72.9 Å². The van der Waals surface area contributed by atoms with E-state index in [9.17, 15) is 14.4 Å². The molecule has 55 heavy (non-hydrogen) atoms. The largest absolute Gasteiger partial charge is 0.462 e. The number of ether oxygens (including phenoxy) is 3. The number of hydrogen-bond acceptors (Lipinski definition) is 6. The zero-order valence-corrected chi connectivity index (χ0v) is 35.7. The molecule has 0 saturated carbocycles. The van der Waals surface area contributed by atoms with Crippen LogP contribution in [0.3, 0.4) is 0 Å². The summed E-state index contributed by atoms with van der Waals surface area (Å²) < 4.78 is 16.6. The average Bonchev–Trinajstić information content (AvgIpc) is 3.18. The van der Waals surface area contributed by atoms with E-state index < -0.39 is 6.10 Å². The summed E-state index contributed by atoms with van der Waals surface area (Å²) in [7, 11) is 0. The van der Waals surface area contributed by atoms with Crippen LogP contribution in [-0.2, 0) is 28.6 Å². The molecule has 0 bridgehead atoms. The Morgan fingerprint density at radius 1 is 0.382 bits per heavy atom. The van der Waals surface area contributed by atoms with E-state index in [0.29, 0.717) is 25.7 Å². The molecule has 0 aromatic carbocycles. The number of carbonyl (C=O) groups is 3. The second-order valence-electron chi connectivity index (χ2n) is 14.7. The summed E-state index contributed by atoms with van der Waals surface area (Å²) in [5.41, 5.74) is 0. The van der Waals surface area contributed by atoms with E-state index in [-0.39, 0.29) is 31.1 Å². The van der Waals surface area contributed by atoms with Crippen molar-refractivity contribution in [2.75, 3.05) is 13.2 Å². The Hall–Kier alpha value is -3.15. The van der Waals surface area contributed by atoms with Gasteiger partial charge in [0.1, 0.15) is 13.2 Å². The van der Waals surface area contributed by atoms with Crippen LogP contribution in [0.1, 0.15) is 201 Å². The fourth-order valence-corrected chi connectivity index (χ4v) is 5.86. The monoisotopic (exact) mass is 767 g/mol. The SMILES string of the molecule is CC\C=C/C=C\C=C/C=C\CCCCCCCC(=O)OCC(COC(=O)CCC/C=C\CCCCCC)OC(=O)CCCCC/C=C\CCCCCCCC. The van der Waals surface area contributed by atoms with Crippen LogP contribution < -0.4 is 0 Å². The molecule has 0 saturated heterocycles. The van der Waals surface area contributed by atoms with Gasteiger partial charge in [-0.2, -0.15) is 0 Å². The van der Waals surface area contributed by atoms with Gasteiger partial charge in [0.05, 0.1) is 0 Å². The van der Waals surface area contributed by atoms with Crippen molar-refractivity contribution in [2.45, 2.75) is 207 Å². The van der Waals surface area contributed by atoms with E-state index in [1.165, 1.54) is 64.2 Å². The molecule has 0 aromatic rings. The molecule has 0 spiro atoms. The molecule has 0 radical (unpaired) electrons. The zero-order chi connectivity index (χ0) is 40.1. The van der Waals surface area contributed by atoms with Gasteiger partial charge in [0.2, 0.25) is 0 Å². The van der Waals surface area contributed by atoms with Crippen molar-refractivity contribution in [3.8, 4) is 0 Å². The molecule has 0 aliphatic heterocycles. The van der Waals surface area contributed by atoms with Gasteiger partial charge in [-0.15, -0.1) is 0 Å². The maximum atomic E-state index is 12.7. The van der Waals surface area contributed by atoms with E-state index in [2.05, 4.69) is 69.4 Å². The Labute approximate surface area is 338 Å². The van der Waals surface area contributed by atoms with Gasteiger partial charge in [-0.3, -0.25) is 14.4 Å². The first-order valence-corrected chi connectivity index (χ1v) is 22.5. The van der Waals surface area contributed by atoms with Crippen molar-refractivity contribution < 1.29 is 28.6 Å². The van der Waals surface area contributed by atoms with Gasteiger partial charge in [0.25, 0.3) is 0 Å². The predicted molar refractivity (Wildman–Crippen MR) is 233 cm³/mol. The van der Waals surface area contributed by atoms with Crippen LogP contribution in [0.5, 0.6) is 0 Å². The van der Waals surface area contributed by atoms with Crippen molar-refractivity contribution in [1.29, 1.82) is 0 Å². The second kappa shape index (κ2) is 43.6. The van der Waals surface area contributed by atoms with E-state index in [4.69, 9.17) is 14.2 Å². The van der Waals surface area contributed by atoms with Crippen LogP contribution in [-0.4, -0.2) is 37.2 Å². The van der Waals surface area contributed by atoms with Gasteiger partial charge < -0.3 is 14.2 Å². The minimum absolute atomic E-state index is 0.103. The fraction of sp³-hybridized carbons (Fsp3) is 0.694. The Morgan fingerprint density at radius 3 is 1.27 bits per heavy atom. The summed E-state index contributed by atoms with van der Waals surface area (Å²) in [6, 6.07) is 0. The fourth-order valence-electron chi connectivity index (χ4n) is 5.86. The van der Waals surface area contributed by atoms with Gasteiger partial charge in [0.15, 0.2) is 6.10 Å². The van der Waals surface area contributed by atoms with E-state index in [1.54, 1.807) is 0 Å². The standard InChI is InChI=1S/C49H82O6/c1-4-7-10-13-16-19-21-23-24-26-27-30-33-36-39-42-48(51)54-45-46(44-53-47(50)41-38-35-32-29-18-15-12-9-6-3)55-49(52)43-40-37-34-31-28-25-22-20-17-14-11-8-5-2/h7,10,13,16,19,21,23-25,28-29,32,46H,4-6,8-9,11-12,14-15,17-18,20,22,26-27,30-31,33-45H2,1-3H3/b10-7-,16-13-,21-19-,24-23-,28-25-,32-29-. The lowest BCUT2D eigenvalue weighted by molar-refractivity contribution is -0.167. The van der Waals surface area contributed by atoms with Crippen LogP contribution in [0.4, 0.5) is 0 Å². The topological polar surface area (TPSA) is 78.9 Å². The van der Waals surface area contributed by atoms with Gasteiger partial charge in [-0.25, -0.2) is 0 Å². The van der Waals surface area contributed by atoms with Crippen molar-refractivity contribution in [1.82, 2.24) is 0 Å². The lowest BCUT2D eigenvalue weighted by atomic mass is 10.1. The first-order valence-electron chi connectivity index (χ1n) is 22.5. The first-order chi connectivity index (χ1) is 27.0. The maximum Gasteiger partial charge on any atom is 0.306 e. The summed E-state index contributed by atoms with van der Waals surface area (Å²) >= 11 is 0. The number of hydrogen-bond donors (Lipinski definition) is 0. The van der Waals surface area contributed by atoms with E-state index in [1.807, 2.05) is 24.3 Å². The minimum atomic E-state index is -0.801. The van der Waals surface area contributed by atoms with Crippen LogP contribution in [0.15, 0.2) is 72.9 Å². The molecule has 314 valence electrons. The molecule has 0 fully saturated rings. The van der Waals surface area contributed by atoms with Crippen LogP contribution in [0.25, 0.3) is 0 Å². The highest BCUT2D eigenvalue weighted by Gasteiger charge is 2.19. The number of esters is 3. The Bertz CT molecular complexity index is 1070. The number of allylic oxidation sites excluding steroid dienone is 12. The van der Waals surface area contributed by atoms with Gasteiger partial charge in [0, 0.05) is 19.3 Å². The lowest BCUT2D eigenvalue weighted by Gasteiger charge is -2.18. The molecule has 0 rings (SSSR count). The van der Waals surface area contributed by atoms with Gasteiger partial charge >= 0.3 is 17.9 Å². The van der Waals surface area contributed by atoms with Crippen molar-refractivity contribution in [3.63, 3.8) is 0 Å². The Kier molecular flexibility index (Phi) is 41.1. The van der Waals surface area contributed by atoms with Gasteiger partial charge in [-0.1, -0.05) is 171 Å². The zero-order valence-electron chi connectivity index (χ0n) is 35.7. The molecule has 6 nitrogen and oxygen atoms in total. The van der Waals surface area contributed by atoms with Crippen LogP contribution in [0.2, 0.25) is 0 Å². The number of unbranched alkanes of at least 4 members (excludes halogenated alkanes) is 19. The molecule has 6 heteroatoms. The molecule has 0 aromatic heterocycles. The highest BCUT2D eigenvalue weighted by molar-refractivity contribution is 5.71.